The van der Waals surface area contributed by atoms with E-state index in [1.165, 1.54) is 0 Å². The van der Waals surface area contributed by atoms with Crippen LogP contribution in [0.4, 0.5) is 0 Å². The minimum Gasteiger partial charge on any atom is -0.469 e. The van der Waals surface area contributed by atoms with Gasteiger partial charge in [0.15, 0.2) is 0 Å². The molecule has 0 bridgehead atoms. The molecule has 1 aromatic rings. The van der Waals surface area contributed by atoms with Crippen molar-refractivity contribution in [2.24, 2.45) is 5.92 Å². The highest BCUT2D eigenvalue weighted by Crippen LogP contribution is 2.20. The predicted octanol–water partition coefficient (Wildman–Crippen LogP) is 2.45. The number of morpholine rings is 1. The number of rotatable bonds is 7. The van der Waals surface area contributed by atoms with Crippen molar-refractivity contribution in [2.75, 3.05) is 32.8 Å². The van der Waals surface area contributed by atoms with E-state index in [2.05, 4.69) is 24.1 Å². The molecule has 0 aliphatic carbocycles. The second-order valence-corrected chi connectivity index (χ2v) is 5.89. The summed E-state index contributed by atoms with van der Waals surface area (Å²) >= 11 is 0. The molecular weight excluding hydrogens is 280 g/mol. The molecule has 1 aliphatic heterocycles. The topological polar surface area (TPSA) is 54.7 Å². The number of aryl methyl sites for hydroxylation is 1. The van der Waals surface area contributed by atoms with Gasteiger partial charge in [0.05, 0.1) is 25.0 Å². The molecule has 1 fully saturated rings. The van der Waals surface area contributed by atoms with E-state index in [4.69, 9.17) is 9.15 Å². The Morgan fingerprint density at radius 2 is 2.00 bits per heavy atom. The smallest absolute Gasteiger partial charge is 0.254 e. The number of hydrogen-bond acceptors (Lipinski definition) is 4. The molecule has 5 nitrogen and oxygen atoms in total. The third-order valence-corrected chi connectivity index (χ3v) is 4.68. The number of carbonyl (C=O) groups is 1. The van der Waals surface area contributed by atoms with E-state index in [9.17, 15) is 4.79 Å². The van der Waals surface area contributed by atoms with Gasteiger partial charge < -0.3 is 14.5 Å². The first-order chi connectivity index (χ1) is 10.7. The molecule has 2 heterocycles. The van der Waals surface area contributed by atoms with Gasteiger partial charge in [0.25, 0.3) is 5.91 Å². The van der Waals surface area contributed by atoms with E-state index >= 15 is 0 Å². The molecular formula is C17H28N2O3. The van der Waals surface area contributed by atoms with E-state index in [0.717, 1.165) is 39.1 Å². The van der Waals surface area contributed by atoms with Crippen molar-refractivity contribution >= 4 is 5.91 Å². The van der Waals surface area contributed by atoms with Gasteiger partial charge in [-0.1, -0.05) is 26.7 Å². The molecule has 124 valence electrons. The maximum absolute atomic E-state index is 12.3. The van der Waals surface area contributed by atoms with Gasteiger partial charge in [-0.15, -0.1) is 0 Å². The fraction of sp³-hybridized carbons (Fsp3) is 0.706. The number of amides is 1. The number of ether oxygens (including phenoxy) is 1. The summed E-state index contributed by atoms with van der Waals surface area (Å²) in [5.41, 5.74) is 0.630. The van der Waals surface area contributed by atoms with Crippen LogP contribution in [0.15, 0.2) is 16.7 Å². The molecule has 0 saturated carbocycles. The maximum atomic E-state index is 12.3. The molecule has 5 heteroatoms. The molecule has 1 N–H and O–H groups in total. The third kappa shape index (κ3) is 4.11. The number of furan rings is 1. The van der Waals surface area contributed by atoms with Gasteiger partial charge >= 0.3 is 0 Å². The lowest BCUT2D eigenvalue weighted by molar-refractivity contribution is 0.00191. The maximum Gasteiger partial charge on any atom is 0.254 e. The highest BCUT2D eigenvalue weighted by atomic mass is 16.5. The zero-order valence-electron chi connectivity index (χ0n) is 13.9. The molecule has 1 aromatic heterocycles. The first-order valence-electron chi connectivity index (χ1n) is 8.31. The molecule has 22 heavy (non-hydrogen) atoms. The zero-order valence-corrected chi connectivity index (χ0v) is 13.9. The minimum absolute atomic E-state index is 0.0459. The Morgan fingerprint density at radius 1 is 1.32 bits per heavy atom. The number of nitrogens with zero attached hydrogens (tertiary/aromatic N) is 1. The summed E-state index contributed by atoms with van der Waals surface area (Å²) in [6.07, 6.45) is 3.81. The van der Waals surface area contributed by atoms with Gasteiger partial charge in [-0.05, 0) is 18.9 Å². The van der Waals surface area contributed by atoms with Crippen LogP contribution in [0.3, 0.4) is 0 Å². The fourth-order valence-electron chi connectivity index (χ4n) is 3.25. The summed E-state index contributed by atoms with van der Waals surface area (Å²) in [4.78, 5) is 14.8. The van der Waals surface area contributed by atoms with E-state index in [1.807, 2.05) is 6.92 Å². The SMILES string of the molecule is CCC(CC)C(CNC(=O)c1ccoc1C)N1CCOCC1. The van der Waals surface area contributed by atoms with Gasteiger partial charge in [0, 0.05) is 25.7 Å². The van der Waals surface area contributed by atoms with Gasteiger partial charge in [-0.3, -0.25) is 9.69 Å². The summed E-state index contributed by atoms with van der Waals surface area (Å²) in [6, 6.07) is 2.10. The first-order valence-corrected chi connectivity index (χ1v) is 8.31. The molecule has 1 aliphatic rings. The molecule has 0 aromatic carbocycles. The standard InChI is InChI=1S/C17H28N2O3/c1-4-14(5-2)16(19-7-10-21-11-8-19)12-18-17(20)15-6-9-22-13(15)3/h6,9,14,16H,4-5,7-8,10-12H2,1-3H3,(H,18,20). The van der Waals surface area contributed by atoms with E-state index < -0.39 is 0 Å². The summed E-state index contributed by atoms with van der Waals surface area (Å²) in [7, 11) is 0. The van der Waals surface area contributed by atoms with Crippen molar-refractivity contribution in [3.8, 4) is 0 Å². The molecule has 1 atom stereocenters. The minimum atomic E-state index is -0.0459. The highest BCUT2D eigenvalue weighted by Gasteiger charge is 2.27. The van der Waals surface area contributed by atoms with Crippen LogP contribution in [-0.2, 0) is 4.74 Å². The van der Waals surface area contributed by atoms with E-state index in [1.54, 1.807) is 12.3 Å². The van der Waals surface area contributed by atoms with Crippen molar-refractivity contribution in [1.29, 1.82) is 0 Å². The Balaban J connectivity index is 1.99. The first kappa shape index (κ1) is 17.0. The largest absolute Gasteiger partial charge is 0.469 e. The molecule has 1 unspecified atom stereocenters. The van der Waals surface area contributed by atoms with Crippen LogP contribution in [0.2, 0.25) is 0 Å². The average Bonchev–Trinajstić information content (AvgIpc) is 2.98. The number of nitrogens with one attached hydrogen (secondary N) is 1. The van der Waals surface area contributed by atoms with Crippen LogP contribution in [0, 0.1) is 12.8 Å². The van der Waals surface area contributed by atoms with E-state index in [-0.39, 0.29) is 5.91 Å². The third-order valence-electron chi connectivity index (χ3n) is 4.68. The molecule has 0 radical (unpaired) electrons. The Kier molecular flexibility index (Phi) is 6.46. The van der Waals surface area contributed by atoms with Crippen molar-refractivity contribution < 1.29 is 13.9 Å². The Bertz CT molecular complexity index is 462. The van der Waals surface area contributed by atoms with Crippen LogP contribution in [0.5, 0.6) is 0 Å². The molecule has 2 rings (SSSR count). The zero-order chi connectivity index (χ0) is 15.9. The highest BCUT2D eigenvalue weighted by molar-refractivity contribution is 5.95. The van der Waals surface area contributed by atoms with Crippen molar-refractivity contribution in [3.05, 3.63) is 23.7 Å². The van der Waals surface area contributed by atoms with Crippen molar-refractivity contribution in [1.82, 2.24) is 10.2 Å². The van der Waals surface area contributed by atoms with Crippen LogP contribution in [0.1, 0.15) is 42.8 Å². The normalized spacial score (nSPS) is 17.6. The quantitative estimate of drug-likeness (QED) is 0.840. The lowest BCUT2D eigenvalue weighted by Crippen LogP contribution is -2.52. The number of hydrogen-bond donors (Lipinski definition) is 1. The Labute approximate surface area is 133 Å². The van der Waals surface area contributed by atoms with Crippen molar-refractivity contribution in [2.45, 2.75) is 39.7 Å². The van der Waals surface area contributed by atoms with Crippen LogP contribution in [0.25, 0.3) is 0 Å². The summed E-state index contributed by atoms with van der Waals surface area (Å²) < 4.78 is 10.7. The molecule has 1 amide bonds. The monoisotopic (exact) mass is 308 g/mol. The second kappa shape index (κ2) is 8.34. The Morgan fingerprint density at radius 3 is 2.55 bits per heavy atom. The lowest BCUT2D eigenvalue weighted by atomic mass is 9.92. The van der Waals surface area contributed by atoms with Crippen LogP contribution >= 0.6 is 0 Å². The lowest BCUT2D eigenvalue weighted by Gasteiger charge is -2.38. The van der Waals surface area contributed by atoms with E-state index in [0.29, 0.717) is 29.8 Å². The van der Waals surface area contributed by atoms with Gasteiger partial charge in [-0.25, -0.2) is 0 Å². The average molecular weight is 308 g/mol. The summed E-state index contributed by atoms with van der Waals surface area (Å²) in [6.45, 7) is 10.4. The van der Waals surface area contributed by atoms with Crippen LogP contribution in [-0.4, -0.2) is 49.7 Å². The number of carbonyl (C=O) groups excluding carboxylic acids is 1. The summed E-state index contributed by atoms with van der Waals surface area (Å²) in [5, 5.41) is 3.09. The second-order valence-electron chi connectivity index (χ2n) is 5.89. The predicted molar refractivity (Wildman–Crippen MR) is 86.0 cm³/mol. The van der Waals surface area contributed by atoms with Crippen LogP contribution < -0.4 is 5.32 Å². The molecule has 0 spiro atoms. The van der Waals surface area contributed by atoms with Gasteiger partial charge in [-0.2, -0.15) is 0 Å². The summed E-state index contributed by atoms with van der Waals surface area (Å²) in [5.74, 6) is 1.21. The van der Waals surface area contributed by atoms with Crippen molar-refractivity contribution in [3.63, 3.8) is 0 Å². The van der Waals surface area contributed by atoms with Gasteiger partial charge in [0.2, 0.25) is 0 Å². The molecule has 1 saturated heterocycles. The fourth-order valence-corrected chi connectivity index (χ4v) is 3.25. The Hall–Kier alpha value is -1.33. The van der Waals surface area contributed by atoms with Gasteiger partial charge in [0.1, 0.15) is 5.76 Å².